The molecular weight excluding hydrogens is 143 g/mol. The van der Waals surface area contributed by atoms with E-state index in [-0.39, 0.29) is 13.0 Å². The Morgan fingerprint density at radius 2 is 1.90 bits per heavy atom. The Morgan fingerprint density at radius 1 is 1.40 bits per heavy atom. The van der Waals surface area contributed by atoms with Crippen LogP contribution in [0, 0.1) is 5.92 Å². The smallest absolute Gasteiger partial charge is 0.330 e. The lowest BCUT2D eigenvalue weighted by molar-refractivity contribution is -0.173. The first-order valence-corrected chi connectivity index (χ1v) is 3.29. The highest BCUT2D eigenvalue weighted by Gasteiger charge is 2.37. The van der Waals surface area contributed by atoms with Gasteiger partial charge in [-0.25, -0.2) is 0 Å². The second kappa shape index (κ2) is 3.81. The summed E-state index contributed by atoms with van der Waals surface area (Å²) in [7, 11) is 0. The molecule has 0 spiro atoms. The monoisotopic (exact) mass is 155 g/mol. The van der Waals surface area contributed by atoms with E-state index in [0.29, 0.717) is 6.42 Å². The second-order valence-electron chi connectivity index (χ2n) is 2.26. The van der Waals surface area contributed by atoms with Crippen molar-refractivity contribution >= 4 is 0 Å². The van der Waals surface area contributed by atoms with Gasteiger partial charge in [-0.3, -0.25) is 0 Å². The molecular formula is C6H12F3N. The molecule has 0 saturated heterocycles. The highest BCUT2D eigenvalue weighted by molar-refractivity contribution is 4.67. The van der Waals surface area contributed by atoms with Gasteiger partial charge in [0.1, 0.15) is 0 Å². The van der Waals surface area contributed by atoms with Gasteiger partial charge < -0.3 is 5.73 Å². The molecule has 62 valence electrons. The van der Waals surface area contributed by atoms with Crippen LogP contribution in [0.25, 0.3) is 0 Å². The Balaban J connectivity index is 3.81. The van der Waals surface area contributed by atoms with Gasteiger partial charge in [0.2, 0.25) is 0 Å². The number of halogens is 3. The van der Waals surface area contributed by atoms with Crippen LogP contribution in [0.4, 0.5) is 13.2 Å². The Bertz CT molecular complexity index is 89.5. The van der Waals surface area contributed by atoms with E-state index < -0.39 is 12.1 Å². The summed E-state index contributed by atoms with van der Waals surface area (Å²) < 4.78 is 35.5. The number of hydrogen-bond acceptors (Lipinski definition) is 1. The van der Waals surface area contributed by atoms with Crippen molar-refractivity contribution < 1.29 is 13.2 Å². The molecule has 0 fully saturated rings. The lowest BCUT2D eigenvalue weighted by Crippen LogP contribution is -2.29. The molecule has 4 heteroatoms. The molecule has 0 rings (SSSR count). The van der Waals surface area contributed by atoms with Crippen LogP contribution in [-0.2, 0) is 0 Å². The third-order valence-corrected chi connectivity index (χ3v) is 1.38. The average Bonchev–Trinajstić information content (AvgIpc) is 1.80. The first-order chi connectivity index (χ1) is 4.52. The third-order valence-electron chi connectivity index (χ3n) is 1.38. The van der Waals surface area contributed by atoms with E-state index in [9.17, 15) is 13.2 Å². The van der Waals surface area contributed by atoms with Crippen LogP contribution < -0.4 is 5.73 Å². The van der Waals surface area contributed by atoms with E-state index in [1.165, 1.54) is 0 Å². The Hall–Kier alpha value is -0.250. The van der Waals surface area contributed by atoms with E-state index in [0.717, 1.165) is 0 Å². The summed E-state index contributed by atoms with van der Waals surface area (Å²) in [6.07, 6.45) is -3.44. The van der Waals surface area contributed by atoms with Gasteiger partial charge in [-0.15, -0.1) is 0 Å². The Labute approximate surface area is 58.4 Å². The molecule has 1 atom stereocenters. The molecule has 0 aliphatic rings. The maximum atomic E-state index is 11.8. The minimum atomic E-state index is -4.11. The van der Waals surface area contributed by atoms with Crippen molar-refractivity contribution in [2.24, 2.45) is 11.7 Å². The van der Waals surface area contributed by atoms with Crippen molar-refractivity contribution in [1.29, 1.82) is 0 Å². The molecule has 2 N–H and O–H groups in total. The summed E-state index contributed by atoms with van der Waals surface area (Å²) >= 11 is 0. The Morgan fingerprint density at radius 3 is 2.00 bits per heavy atom. The van der Waals surface area contributed by atoms with Crippen LogP contribution >= 0.6 is 0 Å². The molecule has 0 heterocycles. The van der Waals surface area contributed by atoms with Crippen molar-refractivity contribution in [3.8, 4) is 0 Å². The maximum Gasteiger partial charge on any atom is 0.393 e. The zero-order chi connectivity index (χ0) is 8.20. The van der Waals surface area contributed by atoms with Gasteiger partial charge in [-0.05, 0) is 6.42 Å². The van der Waals surface area contributed by atoms with Gasteiger partial charge in [-0.1, -0.05) is 13.3 Å². The SMILES string of the molecule is CCCC(CN)C(F)(F)F. The minimum absolute atomic E-state index is 0.139. The largest absolute Gasteiger partial charge is 0.393 e. The lowest BCUT2D eigenvalue weighted by atomic mass is 10.0. The molecule has 0 aliphatic heterocycles. The first-order valence-electron chi connectivity index (χ1n) is 3.29. The van der Waals surface area contributed by atoms with E-state index in [2.05, 4.69) is 0 Å². The van der Waals surface area contributed by atoms with Crippen LogP contribution in [0.5, 0.6) is 0 Å². The van der Waals surface area contributed by atoms with Crippen molar-refractivity contribution in [2.75, 3.05) is 6.54 Å². The van der Waals surface area contributed by atoms with Gasteiger partial charge in [0.05, 0.1) is 5.92 Å². The molecule has 1 unspecified atom stereocenters. The summed E-state index contributed by atoms with van der Waals surface area (Å²) in [4.78, 5) is 0. The number of nitrogens with two attached hydrogens (primary N) is 1. The summed E-state index contributed by atoms with van der Waals surface area (Å²) in [6.45, 7) is 1.42. The maximum absolute atomic E-state index is 11.8. The highest BCUT2D eigenvalue weighted by Crippen LogP contribution is 2.28. The molecule has 0 radical (unpaired) electrons. The standard InChI is InChI=1S/C6H12F3N/c1-2-3-5(4-10)6(7,8)9/h5H,2-4,10H2,1H3. The van der Waals surface area contributed by atoms with Crippen LogP contribution in [-0.4, -0.2) is 12.7 Å². The second-order valence-corrected chi connectivity index (χ2v) is 2.26. The van der Waals surface area contributed by atoms with Crippen molar-refractivity contribution in [2.45, 2.75) is 25.9 Å². The fourth-order valence-corrected chi connectivity index (χ4v) is 0.764. The summed E-state index contributed by atoms with van der Waals surface area (Å²) in [5, 5.41) is 0. The summed E-state index contributed by atoms with van der Waals surface area (Å²) in [5.74, 6) is -1.31. The fourth-order valence-electron chi connectivity index (χ4n) is 0.764. The quantitative estimate of drug-likeness (QED) is 0.662. The van der Waals surface area contributed by atoms with Gasteiger partial charge in [0.15, 0.2) is 0 Å². The number of hydrogen-bond donors (Lipinski definition) is 1. The van der Waals surface area contributed by atoms with Crippen LogP contribution in [0.1, 0.15) is 19.8 Å². The molecule has 0 aliphatic carbocycles. The minimum Gasteiger partial charge on any atom is -0.330 e. The predicted octanol–water partition coefficient (Wildman–Crippen LogP) is 1.92. The van der Waals surface area contributed by atoms with E-state index in [1.807, 2.05) is 0 Å². The lowest BCUT2D eigenvalue weighted by Gasteiger charge is -2.16. The normalized spacial score (nSPS) is 15.3. The molecule has 0 aromatic heterocycles. The number of rotatable bonds is 3. The van der Waals surface area contributed by atoms with Crippen LogP contribution in [0.3, 0.4) is 0 Å². The molecule has 10 heavy (non-hydrogen) atoms. The van der Waals surface area contributed by atoms with Crippen molar-refractivity contribution in [1.82, 2.24) is 0 Å². The molecule has 0 amide bonds. The zero-order valence-electron chi connectivity index (χ0n) is 5.91. The van der Waals surface area contributed by atoms with Crippen molar-refractivity contribution in [3.63, 3.8) is 0 Å². The van der Waals surface area contributed by atoms with Crippen LogP contribution in [0.15, 0.2) is 0 Å². The van der Waals surface area contributed by atoms with Crippen molar-refractivity contribution in [3.05, 3.63) is 0 Å². The van der Waals surface area contributed by atoms with Gasteiger partial charge >= 0.3 is 6.18 Å². The van der Waals surface area contributed by atoms with Crippen LogP contribution in [0.2, 0.25) is 0 Å². The number of alkyl halides is 3. The fraction of sp³-hybridized carbons (Fsp3) is 1.00. The Kier molecular flexibility index (Phi) is 3.71. The highest BCUT2D eigenvalue weighted by atomic mass is 19.4. The molecule has 0 aromatic rings. The molecule has 0 aromatic carbocycles. The van der Waals surface area contributed by atoms with E-state index in [1.54, 1.807) is 6.92 Å². The summed E-state index contributed by atoms with van der Waals surface area (Å²) in [5.41, 5.74) is 4.92. The predicted molar refractivity (Wildman–Crippen MR) is 33.5 cm³/mol. The first kappa shape index (κ1) is 9.75. The zero-order valence-corrected chi connectivity index (χ0v) is 5.91. The van der Waals surface area contributed by atoms with Gasteiger partial charge in [0.25, 0.3) is 0 Å². The van der Waals surface area contributed by atoms with E-state index in [4.69, 9.17) is 5.73 Å². The van der Waals surface area contributed by atoms with Gasteiger partial charge in [0, 0.05) is 6.54 Å². The third kappa shape index (κ3) is 3.06. The topological polar surface area (TPSA) is 26.0 Å². The molecule has 0 bridgehead atoms. The molecule has 0 saturated carbocycles. The van der Waals surface area contributed by atoms with Gasteiger partial charge in [-0.2, -0.15) is 13.2 Å². The molecule has 1 nitrogen and oxygen atoms in total. The summed E-state index contributed by atoms with van der Waals surface area (Å²) in [6, 6.07) is 0. The average molecular weight is 155 g/mol. The van der Waals surface area contributed by atoms with E-state index >= 15 is 0 Å².